The lowest BCUT2D eigenvalue weighted by atomic mass is 10.1. The largest absolute Gasteiger partial charge is 0.478 e. The van der Waals surface area contributed by atoms with Crippen molar-refractivity contribution in [3.05, 3.63) is 51.2 Å². The van der Waals surface area contributed by atoms with Crippen LogP contribution in [0.15, 0.2) is 29.0 Å². The minimum atomic E-state index is -0.890. The zero-order chi connectivity index (χ0) is 13.1. The van der Waals surface area contributed by atoms with Crippen LogP contribution in [0.3, 0.4) is 0 Å². The Morgan fingerprint density at radius 2 is 2.06 bits per heavy atom. The summed E-state index contributed by atoms with van der Waals surface area (Å²) in [6.07, 6.45) is 0. The molecule has 0 spiro atoms. The van der Waals surface area contributed by atoms with Crippen LogP contribution in [0.4, 0.5) is 5.69 Å². The van der Waals surface area contributed by atoms with Gasteiger partial charge < -0.3 is 10.4 Å². The number of hydrogen-bond donors (Lipinski definition) is 2. The van der Waals surface area contributed by atoms with Gasteiger partial charge in [0, 0.05) is 12.2 Å². The highest BCUT2D eigenvalue weighted by Gasteiger charge is 2.06. The number of benzene rings is 1. The van der Waals surface area contributed by atoms with E-state index >= 15 is 0 Å². The van der Waals surface area contributed by atoms with Gasteiger partial charge in [-0.1, -0.05) is 0 Å². The molecular weight excluding hydrogens is 246 g/mol. The lowest BCUT2D eigenvalue weighted by molar-refractivity contribution is 0.0697. The topological polar surface area (TPSA) is 49.3 Å². The molecule has 0 aliphatic carbocycles. The van der Waals surface area contributed by atoms with Gasteiger partial charge in [-0.15, -0.1) is 0 Å². The SMILES string of the molecule is Cc1cscc1CNc1ccc(C(=O)O)cc1C. The lowest BCUT2D eigenvalue weighted by Gasteiger charge is -2.10. The number of carbonyl (C=O) groups is 1. The molecule has 4 heteroatoms. The first-order valence-corrected chi connectivity index (χ1v) is 6.61. The zero-order valence-electron chi connectivity index (χ0n) is 10.4. The van der Waals surface area contributed by atoms with Gasteiger partial charge in [0.2, 0.25) is 0 Å². The van der Waals surface area contributed by atoms with Gasteiger partial charge in [0.15, 0.2) is 0 Å². The van der Waals surface area contributed by atoms with E-state index in [1.54, 1.807) is 23.5 Å². The summed E-state index contributed by atoms with van der Waals surface area (Å²) >= 11 is 1.69. The van der Waals surface area contributed by atoms with Gasteiger partial charge >= 0.3 is 5.97 Å². The normalized spacial score (nSPS) is 10.3. The number of anilines is 1. The molecule has 2 aromatic rings. The molecule has 0 aliphatic heterocycles. The minimum absolute atomic E-state index is 0.324. The van der Waals surface area contributed by atoms with E-state index in [9.17, 15) is 4.79 Å². The Bertz CT molecular complexity index is 575. The summed E-state index contributed by atoms with van der Waals surface area (Å²) in [5, 5.41) is 16.5. The molecule has 0 saturated carbocycles. The number of carboxylic acids is 1. The van der Waals surface area contributed by atoms with Crippen molar-refractivity contribution >= 4 is 23.0 Å². The molecule has 0 aliphatic rings. The highest BCUT2D eigenvalue weighted by Crippen LogP contribution is 2.19. The van der Waals surface area contributed by atoms with E-state index < -0.39 is 5.97 Å². The second-order valence-electron chi connectivity index (χ2n) is 4.27. The van der Waals surface area contributed by atoms with Gasteiger partial charge in [-0.25, -0.2) is 4.79 Å². The fraction of sp³-hybridized carbons (Fsp3) is 0.214. The first-order valence-electron chi connectivity index (χ1n) is 5.67. The van der Waals surface area contributed by atoms with E-state index in [0.717, 1.165) is 17.8 Å². The first kappa shape index (κ1) is 12.6. The number of carboxylic acid groups (broad SMARTS) is 1. The molecule has 18 heavy (non-hydrogen) atoms. The van der Waals surface area contributed by atoms with Crippen LogP contribution in [-0.4, -0.2) is 11.1 Å². The fourth-order valence-corrected chi connectivity index (χ4v) is 2.61. The molecule has 2 rings (SSSR count). The lowest BCUT2D eigenvalue weighted by Crippen LogP contribution is -2.03. The number of rotatable bonds is 4. The molecule has 94 valence electrons. The Morgan fingerprint density at radius 1 is 1.28 bits per heavy atom. The van der Waals surface area contributed by atoms with Crippen LogP contribution >= 0.6 is 11.3 Å². The number of nitrogens with one attached hydrogen (secondary N) is 1. The van der Waals surface area contributed by atoms with Crippen molar-refractivity contribution in [3.8, 4) is 0 Å². The maximum absolute atomic E-state index is 10.8. The van der Waals surface area contributed by atoms with Crippen LogP contribution in [0.1, 0.15) is 27.0 Å². The highest BCUT2D eigenvalue weighted by molar-refractivity contribution is 7.08. The van der Waals surface area contributed by atoms with E-state index in [1.807, 2.05) is 13.0 Å². The van der Waals surface area contributed by atoms with Crippen LogP contribution in [0, 0.1) is 13.8 Å². The molecule has 2 N–H and O–H groups in total. The molecule has 0 fully saturated rings. The first-order chi connectivity index (χ1) is 8.58. The van der Waals surface area contributed by atoms with Crippen molar-refractivity contribution in [3.63, 3.8) is 0 Å². The summed E-state index contributed by atoms with van der Waals surface area (Å²) in [7, 11) is 0. The molecule has 0 saturated heterocycles. The number of hydrogen-bond acceptors (Lipinski definition) is 3. The van der Waals surface area contributed by atoms with Crippen LogP contribution in [0.2, 0.25) is 0 Å². The Hall–Kier alpha value is -1.81. The monoisotopic (exact) mass is 261 g/mol. The maximum atomic E-state index is 10.8. The van der Waals surface area contributed by atoms with Crippen molar-refractivity contribution < 1.29 is 9.90 Å². The van der Waals surface area contributed by atoms with Crippen molar-refractivity contribution in [2.75, 3.05) is 5.32 Å². The van der Waals surface area contributed by atoms with Gasteiger partial charge in [-0.3, -0.25) is 0 Å². The predicted octanol–water partition coefficient (Wildman–Crippen LogP) is 3.68. The van der Waals surface area contributed by atoms with Crippen LogP contribution in [-0.2, 0) is 6.54 Å². The standard InChI is InChI=1S/C14H15NO2S/c1-9-5-11(14(16)17)3-4-13(9)15-6-12-8-18-7-10(12)2/h3-5,7-8,15H,6H2,1-2H3,(H,16,17). The molecule has 0 bridgehead atoms. The van der Waals surface area contributed by atoms with Crippen molar-refractivity contribution in [1.82, 2.24) is 0 Å². The molecule has 1 aromatic carbocycles. The zero-order valence-corrected chi connectivity index (χ0v) is 11.2. The van der Waals surface area contributed by atoms with Crippen molar-refractivity contribution in [2.45, 2.75) is 20.4 Å². The van der Waals surface area contributed by atoms with Gasteiger partial charge in [0.1, 0.15) is 0 Å². The van der Waals surface area contributed by atoms with Gasteiger partial charge in [0.25, 0.3) is 0 Å². The smallest absolute Gasteiger partial charge is 0.335 e. The molecule has 0 atom stereocenters. The third kappa shape index (κ3) is 2.71. The molecule has 3 nitrogen and oxygen atoms in total. The molecule has 0 amide bonds. The molecule has 0 unspecified atom stereocenters. The second kappa shape index (κ2) is 5.23. The van der Waals surface area contributed by atoms with E-state index in [2.05, 4.69) is 23.0 Å². The van der Waals surface area contributed by atoms with Gasteiger partial charge in [-0.05, 0) is 59.5 Å². The average Bonchev–Trinajstić information content (AvgIpc) is 2.73. The third-order valence-electron chi connectivity index (χ3n) is 2.90. The second-order valence-corrected chi connectivity index (χ2v) is 5.01. The molecule has 1 aromatic heterocycles. The average molecular weight is 261 g/mol. The Balaban J connectivity index is 2.11. The quantitative estimate of drug-likeness (QED) is 0.882. The van der Waals surface area contributed by atoms with Crippen LogP contribution in [0.5, 0.6) is 0 Å². The highest BCUT2D eigenvalue weighted by atomic mass is 32.1. The Morgan fingerprint density at radius 3 is 2.61 bits per heavy atom. The Labute approximate surface area is 110 Å². The number of aryl methyl sites for hydroxylation is 2. The summed E-state index contributed by atoms with van der Waals surface area (Å²) in [6, 6.07) is 5.13. The van der Waals surface area contributed by atoms with Gasteiger partial charge in [-0.2, -0.15) is 11.3 Å². The summed E-state index contributed by atoms with van der Waals surface area (Å²) in [6.45, 7) is 4.77. The van der Waals surface area contributed by atoms with Crippen LogP contribution in [0.25, 0.3) is 0 Å². The summed E-state index contributed by atoms with van der Waals surface area (Å²) in [5.74, 6) is -0.890. The van der Waals surface area contributed by atoms with E-state index in [0.29, 0.717) is 5.56 Å². The molecule has 0 radical (unpaired) electrons. The summed E-state index contributed by atoms with van der Waals surface area (Å²) in [5.41, 5.74) is 4.81. The summed E-state index contributed by atoms with van der Waals surface area (Å²) in [4.78, 5) is 10.8. The van der Waals surface area contributed by atoms with Gasteiger partial charge in [0.05, 0.1) is 5.56 Å². The fourth-order valence-electron chi connectivity index (χ4n) is 1.75. The predicted molar refractivity (Wildman–Crippen MR) is 74.5 cm³/mol. The number of aromatic carboxylic acids is 1. The van der Waals surface area contributed by atoms with E-state index in [1.165, 1.54) is 11.1 Å². The minimum Gasteiger partial charge on any atom is -0.478 e. The molecular formula is C14H15NO2S. The van der Waals surface area contributed by atoms with E-state index in [-0.39, 0.29) is 0 Å². The number of thiophene rings is 1. The summed E-state index contributed by atoms with van der Waals surface area (Å²) < 4.78 is 0. The Kier molecular flexibility index (Phi) is 3.67. The van der Waals surface area contributed by atoms with Crippen molar-refractivity contribution in [2.24, 2.45) is 0 Å². The third-order valence-corrected chi connectivity index (χ3v) is 3.81. The van der Waals surface area contributed by atoms with Crippen LogP contribution < -0.4 is 5.32 Å². The van der Waals surface area contributed by atoms with E-state index in [4.69, 9.17) is 5.11 Å². The van der Waals surface area contributed by atoms with Crippen molar-refractivity contribution in [1.29, 1.82) is 0 Å². The maximum Gasteiger partial charge on any atom is 0.335 e. The molecule has 1 heterocycles.